The first-order chi connectivity index (χ1) is 15.4. The van der Waals surface area contributed by atoms with Crippen LogP contribution in [0.4, 0.5) is 0 Å². The van der Waals surface area contributed by atoms with Gasteiger partial charge in [0.2, 0.25) is 5.91 Å². The topological polar surface area (TPSA) is 58.6 Å². The van der Waals surface area contributed by atoms with E-state index >= 15 is 0 Å². The SMILES string of the molecule is CCC(C(=O)NC1CCCC1)N(Cc1ccc(Cl)cc1Cl)C(=O)COc1ccccc1Cl. The lowest BCUT2D eigenvalue weighted by molar-refractivity contribution is -0.143. The van der Waals surface area contributed by atoms with Crippen LogP contribution in [0.25, 0.3) is 0 Å². The highest BCUT2D eigenvalue weighted by Crippen LogP contribution is 2.26. The first-order valence-electron chi connectivity index (χ1n) is 10.8. The van der Waals surface area contributed by atoms with Gasteiger partial charge in [0.1, 0.15) is 11.8 Å². The van der Waals surface area contributed by atoms with Crippen LogP contribution in [0.1, 0.15) is 44.6 Å². The van der Waals surface area contributed by atoms with Gasteiger partial charge >= 0.3 is 0 Å². The molecule has 0 aromatic heterocycles. The second kappa shape index (κ2) is 11.8. The van der Waals surface area contributed by atoms with Gasteiger partial charge in [-0.25, -0.2) is 0 Å². The summed E-state index contributed by atoms with van der Waals surface area (Å²) in [5, 5.41) is 4.47. The van der Waals surface area contributed by atoms with Crippen molar-refractivity contribution < 1.29 is 14.3 Å². The molecule has 8 heteroatoms. The van der Waals surface area contributed by atoms with Crippen LogP contribution in [0.3, 0.4) is 0 Å². The van der Waals surface area contributed by atoms with Crippen LogP contribution in [-0.2, 0) is 16.1 Å². The van der Waals surface area contributed by atoms with Gasteiger partial charge in [-0.3, -0.25) is 9.59 Å². The van der Waals surface area contributed by atoms with Gasteiger partial charge < -0.3 is 15.0 Å². The summed E-state index contributed by atoms with van der Waals surface area (Å²) >= 11 is 18.5. The largest absolute Gasteiger partial charge is 0.482 e. The van der Waals surface area contributed by atoms with Crippen molar-refractivity contribution in [1.29, 1.82) is 0 Å². The van der Waals surface area contributed by atoms with Gasteiger partial charge in [-0.1, -0.05) is 72.8 Å². The fraction of sp³-hybridized carbons (Fsp3) is 0.417. The molecule has 2 aromatic carbocycles. The number of hydrogen-bond donors (Lipinski definition) is 1. The standard InChI is InChI=1S/C24H27Cl3N2O3/c1-2-21(24(31)28-18-7-3-4-8-18)29(14-16-11-12-17(25)13-20(16)27)23(30)15-32-22-10-6-5-9-19(22)26/h5-6,9-13,18,21H,2-4,7-8,14-15H2,1H3,(H,28,31). The predicted octanol–water partition coefficient (Wildman–Crippen LogP) is 5.89. The molecule has 0 saturated heterocycles. The number of ether oxygens (including phenoxy) is 1. The maximum atomic E-state index is 13.3. The van der Waals surface area contributed by atoms with Crippen LogP contribution < -0.4 is 10.1 Å². The molecule has 0 bridgehead atoms. The summed E-state index contributed by atoms with van der Waals surface area (Å²) in [6.07, 6.45) is 4.61. The van der Waals surface area contributed by atoms with E-state index in [9.17, 15) is 9.59 Å². The summed E-state index contributed by atoms with van der Waals surface area (Å²) in [5.74, 6) is -0.0737. The molecule has 0 aliphatic heterocycles. The number of para-hydroxylation sites is 1. The fourth-order valence-electron chi connectivity index (χ4n) is 3.90. The number of halogens is 3. The minimum Gasteiger partial charge on any atom is -0.482 e. The zero-order valence-corrected chi connectivity index (χ0v) is 20.2. The maximum Gasteiger partial charge on any atom is 0.261 e. The quantitative estimate of drug-likeness (QED) is 0.470. The summed E-state index contributed by atoms with van der Waals surface area (Å²) < 4.78 is 5.67. The van der Waals surface area contributed by atoms with Gasteiger partial charge in [-0.05, 0) is 49.1 Å². The zero-order chi connectivity index (χ0) is 23.1. The smallest absolute Gasteiger partial charge is 0.261 e. The van der Waals surface area contributed by atoms with E-state index in [1.54, 1.807) is 42.5 Å². The number of carbonyl (C=O) groups excluding carboxylic acids is 2. The molecule has 2 aromatic rings. The van der Waals surface area contributed by atoms with Gasteiger partial charge in [0.15, 0.2) is 6.61 Å². The molecule has 1 aliphatic carbocycles. The van der Waals surface area contributed by atoms with E-state index < -0.39 is 6.04 Å². The lowest BCUT2D eigenvalue weighted by atomic mass is 10.1. The Balaban J connectivity index is 1.80. The lowest BCUT2D eigenvalue weighted by Crippen LogP contribution is -2.52. The Morgan fingerprint density at radius 1 is 1.09 bits per heavy atom. The van der Waals surface area contributed by atoms with E-state index in [-0.39, 0.29) is 31.0 Å². The van der Waals surface area contributed by atoms with Crippen LogP contribution >= 0.6 is 34.8 Å². The molecule has 0 heterocycles. The Hall–Kier alpha value is -1.95. The Morgan fingerprint density at radius 3 is 2.47 bits per heavy atom. The van der Waals surface area contributed by atoms with Crippen LogP contribution in [0, 0.1) is 0 Å². The monoisotopic (exact) mass is 496 g/mol. The van der Waals surface area contributed by atoms with Gasteiger partial charge in [-0.2, -0.15) is 0 Å². The second-order valence-electron chi connectivity index (χ2n) is 7.89. The highest BCUT2D eigenvalue weighted by molar-refractivity contribution is 6.35. The number of carbonyl (C=O) groups is 2. The second-order valence-corrected chi connectivity index (χ2v) is 9.14. The minimum absolute atomic E-state index is 0.157. The van der Waals surface area contributed by atoms with E-state index in [1.807, 2.05) is 6.92 Å². The Kier molecular flexibility index (Phi) is 9.09. The van der Waals surface area contributed by atoms with E-state index in [0.29, 0.717) is 32.8 Å². The number of amides is 2. The molecule has 5 nitrogen and oxygen atoms in total. The molecule has 172 valence electrons. The van der Waals surface area contributed by atoms with E-state index in [4.69, 9.17) is 39.5 Å². The lowest BCUT2D eigenvalue weighted by Gasteiger charge is -2.31. The van der Waals surface area contributed by atoms with Crippen molar-refractivity contribution >= 4 is 46.6 Å². The van der Waals surface area contributed by atoms with E-state index in [0.717, 1.165) is 25.7 Å². The third-order valence-corrected chi connectivity index (χ3v) is 6.53. The Bertz CT molecular complexity index is 948. The van der Waals surface area contributed by atoms with Crippen LogP contribution in [-0.4, -0.2) is 35.4 Å². The molecular formula is C24H27Cl3N2O3. The average molecular weight is 498 g/mol. The molecule has 0 radical (unpaired) electrons. The number of rotatable bonds is 9. The first-order valence-corrected chi connectivity index (χ1v) is 11.9. The van der Waals surface area contributed by atoms with Crippen molar-refractivity contribution in [3.63, 3.8) is 0 Å². The molecule has 1 N–H and O–H groups in total. The molecule has 1 aliphatic rings. The highest BCUT2D eigenvalue weighted by Gasteiger charge is 2.31. The Morgan fingerprint density at radius 2 is 1.81 bits per heavy atom. The molecule has 3 rings (SSSR count). The zero-order valence-electron chi connectivity index (χ0n) is 18.0. The molecule has 2 amide bonds. The number of nitrogens with one attached hydrogen (secondary N) is 1. The van der Waals surface area contributed by atoms with Crippen LogP contribution in [0.15, 0.2) is 42.5 Å². The minimum atomic E-state index is -0.648. The summed E-state index contributed by atoms with van der Waals surface area (Å²) in [6, 6.07) is 11.6. The van der Waals surface area contributed by atoms with Crippen LogP contribution in [0.2, 0.25) is 15.1 Å². The average Bonchev–Trinajstić information content (AvgIpc) is 3.27. The summed E-state index contributed by atoms with van der Waals surface area (Å²) in [7, 11) is 0. The molecule has 32 heavy (non-hydrogen) atoms. The molecule has 1 unspecified atom stereocenters. The molecular weight excluding hydrogens is 471 g/mol. The number of benzene rings is 2. The molecule has 1 atom stereocenters. The normalized spacial score (nSPS) is 14.8. The maximum absolute atomic E-state index is 13.3. The summed E-state index contributed by atoms with van der Waals surface area (Å²) in [4.78, 5) is 27.9. The van der Waals surface area contributed by atoms with Gasteiger partial charge in [0.05, 0.1) is 5.02 Å². The highest BCUT2D eigenvalue weighted by atomic mass is 35.5. The molecule has 1 saturated carbocycles. The van der Waals surface area contributed by atoms with Crippen molar-refractivity contribution in [2.45, 2.75) is 57.7 Å². The van der Waals surface area contributed by atoms with Crippen molar-refractivity contribution in [1.82, 2.24) is 10.2 Å². The third-order valence-electron chi connectivity index (χ3n) is 5.63. The van der Waals surface area contributed by atoms with Crippen molar-refractivity contribution in [2.75, 3.05) is 6.61 Å². The van der Waals surface area contributed by atoms with E-state index in [1.165, 1.54) is 4.90 Å². The molecule has 1 fully saturated rings. The number of nitrogens with zero attached hydrogens (tertiary/aromatic N) is 1. The Labute approximate surface area is 204 Å². The first kappa shape index (κ1) is 24.7. The van der Waals surface area contributed by atoms with Gasteiger partial charge in [0.25, 0.3) is 5.91 Å². The third kappa shape index (κ3) is 6.53. The van der Waals surface area contributed by atoms with Crippen molar-refractivity contribution in [2.24, 2.45) is 0 Å². The molecule has 0 spiro atoms. The van der Waals surface area contributed by atoms with Crippen molar-refractivity contribution in [3.8, 4) is 5.75 Å². The fourth-order valence-corrected chi connectivity index (χ4v) is 4.56. The number of hydrogen-bond acceptors (Lipinski definition) is 3. The predicted molar refractivity (Wildman–Crippen MR) is 128 cm³/mol. The van der Waals surface area contributed by atoms with E-state index in [2.05, 4.69) is 5.32 Å². The van der Waals surface area contributed by atoms with Gasteiger partial charge in [0, 0.05) is 22.6 Å². The van der Waals surface area contributed by atoms with Gasteiger partial charge in [-0.15, -0.1) is 0 Å². The van der Waals surface area contributed by atoms with Crippen LogP contribution in [0.5, 0.6) is 5.75 Å². The summed E-state index contributed by atoms with van der Waals surface area (Å²) in [5.41, 5.74) is 0.703. The van der Waals surface area contributed by atoms with Crippen molar-refractivity contribution in [3.05, 3.63) is 63.1 Å². The summed E-state index contributed by atoms with van der Waals surface area (Å²) in [6.45, 7) is 1.80.